The van der Waals surface area contributed by atoms with Crippen molar-refractivity contribution in [2.24, 2.45) is 0 Å². The molecule has 1 atom stereocenters. The van der Waals surface area contributed by atoms with E-state index in [4.69, 9.17) is 0 Å². The van der Waals surface area contributed by atoms with Crippen molar-refractivity contribution >= 4 is 17.5 Å². The number of hydrogen-bond acceptors (Lipinski definition) is 4. The minimum absolute atomic E-state index is 0.170. The van der Waals surface area contributed by atoms with Gasteiger partial charge in [0.2, 0.25) is 11.8 Å². The average Bonchev–Trinajstić information content (AvgIpc) is 2.92. The number of anilines is 1. The van der Waals surface area contributed by atoms with E-state index in [1.165, 1.54) is 16.8 Å². The van der Waals surface area contributed by atoms with Gasteiger partial charge in [-0.3, -0.25) is 14.5 Å². The summed E-state index contributed by atoms with van der Waals surface area (Å²) >= 11 is 0. The third-order valence-corrected chi connectivity index (χ3v) is 6.94. The Bertz CT molecular complexity index is 1160. The van der Waals surface area contributed by atoms with Crippen molar-refractivity contribution in [2.45, 2.75) is 32.7 Å². The highest BCUT2D eigenvalue weighted by Crippen LogP contribution is 2.23. The smallest absolute Gasteiger partial charge is 0.247 e. The molecule has 1 heterocycles. The quantitative estimate of drug-likeness (QED) is 0.414. The maximum Gasteiger partial charge on any atom is 0.247 e. The van der Waals surface area contributed by atoms with Crippen molar-refractivity contribution in [1.29, 1.82) is 0 Å². The van der Waals surface area contributed by atoms with Crippen LogP contribution in [0, 0.1) is 13.8 Å². The molecule has 1 unspecified atom stereocenters. The van der Waals surface area contributed by atoms with Crippen LogP contribution in [0.25, 0.3) is 0 Å². The molecule has 0 aliphatic carbocycles. The van der Waals surface area contributed by atoms with E-state index in [0.717, 1.165) is 50.3 Å². The number of carbonyl (C=O) groups excluding carboxylic acids is 2. The Kier molecular flexibility index (Phi) is 9.33. The van der Waals surface area contributed by atoms with Gasteiger partial charge in [0, 0.05) is 38.4 Å². The molecule has 1 aliphatic rings. The van der Waals surface area contributed by atoms with Crippen molar-refractivity contribution in [3.05, 3.63) is 101 Å². The third kappa shape index (κ3) is 7.67. The minimum atomic E-state index is -0.710. The first-order valence-corrected chi connectivity index (χ1v) is 13.2. The molecule has 2 amide bonds. The third-order valence-electron chi connectivity index (χ3n) is 6.94. The number of benzene rings is 3. The fourth-order valence-corrected chi connectivity index (χ4v) is 4.83. The molecule has 194 valence electrons. The summed E-state index contributed by atoms with van der Waals surface area (Å²) in [5.41, 5.74) is 5.66. The molecular formula is C31H38N4O2. The fourth-order valence-electron chi connectivity index (χ4n) is 4.83. The number of aryl methyl sites for hydroxylation is 2. The maximum atomic E-state index is 13.1. The lowest BCUT2D eigenvalue weighted by molar-refractivity contribution is -0.128. The number of piperazine rings is 1. The van der Waals surface area contributed by atoms with Crippen LogP contribution in [0.3, 0.4) is 0 Å². The molecule has 0 spiro atoms. The zero-order valence-electron chi connectivity index (χ0n) is 22.0. The lowest BCUT2D eigenvalue weighted by Gasteiger charge is -2.37. The largest absolute Gasteiger partial charge is 0.369 e. The van der Waals surface area contributed by atoms with Gasteiger partial charge in [-0.1, -0.05) is 72.8 Å². The summed E-state index contributed by atoms with van der Waals surface area (Å²) in [7, 11) is 0. The van der Waals surface area contributed by atoms with E-state index >= 15 is 0 Å². The van der Waals surface area contributed by atoms with Gasteiger partial charge < -0.3 is 15.5 Å². The number of rotatable bonds is 10. The van der Waals surface area contributed by atoms with Gasteiger partial charge in [0.25, 0.3) is 0 Å². The zero-order chi connectivity index (χ0) is 26.0. The molecule has 0 saturated carbocycles. The van der Waals surface area contributed by atoms with E-state index in [-0.39, 0.29) is 18.2 Å². The van der Waals surface area contributed by atoms with Crippen LogP contribution in [0.2, 0.25) is 0 Å². The van der Waals surface area contributed by atoms with Crippen LogP contribution in [0.4, 0.5) is 5.69 Å². The molecule has 2 N–H and O–H groups in total. The molecule has 4 rings (SSSR count). The second-order valence-corrected chi connectivity index (χ2v) is 9.84. The Morgan fingerprint density at radius 2 is 1.54 bits per heavy atom. The summed E-state index contributed by atoms with van der Waals surface area (Å²) in [4.78, 5) is 30.7. The van der Waals surface area contributed by atoms with Crippen LogP contribution in [-0.4, -0.2) is 56.0 Å². The van der Waals surface area contributed by atoms with Gasteiger partial charge in [0.05, 0.1) is 6.42 Å². The van der Waals surface area contributed by atoms with Crippen LogP contribution < -0.4 is 15.5 Å². The molecule has 1 fully saturated rings. The van der Waals surface area contributed by atoms with Crippen molar-refractivity contribution in [3.8, 4) is 0 Å². The monoisotopic (exact) mass is 498 g/mol. The lowest BCUT2D eigenvalue weighted by Crippen LogP contribution is -2.47. The lowest BCUT2D eigenvalue weighted by atomic mass is 10.1. The van der Waals surface area contributed by atoms with Crippen LogP contribution in [0.15, 0.2) is 78.9 Å². The molecule has 37 heavy (non-hydrogen) atoms. The maximum absolute atomic E-state index is 13.1. The first-order chi connectivity index (χ1) is 18.0. The predicted octanol–water partition coefficient (Wildman–Crippen LogP) is 4.03. The second kappa shape index (κ2) is 13.1. The average molecular weight is 499 g/mol. The van der Waals surface area contributed by atoms with Crippen LogP contribution in [0.5, 0.6) is 0 Å². The molecule has 0 aromatic heterocycles. The van der Waals surface area contributed by atoms with Gasteiger partial charge in [-0.05, 0) is 55.1 Å². The Balaban J connectivity index is 1.24. The Labute approximate surface area is 220 Å². The summed E-state index contributed by atoms with van der Waals surface area (Å²) in [6.07, 6.45) is 1.11. The topological polar surface area (TPSA) is 64.7 Å². The van der Waals surface area contributed by atoms with Gasteiger partial charge in [-0.2, -0.15) is 0 Å². The summed E-state index contributed by atoms with van der Waals surface area (Å²) in [5.74, 6) is -0.343. The summed E-state index contributed by atoms with van der Waals surface area (Å²) in [6.45, 7) is 9.90. The van der Waals surface area contributed by atoms with Gasteiger partial charge in [0.15, 0.2) is 0 Å². The Morgan fingerprint density at radius 1 is 0.865 bits per heavy atom. The van der Waals surface area contributed by atoms with Gasteiger partial charge >= 0.3 is 0 Å². The highest BCUT2D eigenvalue weighted by molar-refractivity contribution is 5.89. The normalized spacial score (nSPS) is 14.7. The Hall–Kier alpha value is -3.64. The van der Waals surface area contributed by atoms with Gasteiger partial charge in [-0.25, -0.2) is 0 Å². The minimum Gasteiger partial charge on any atom is -0.369 e. The highest BCUT2D eigenvalue weighted by Gasteiger charge is 2.23. The SMILES string of the molecule is Cc1ccc(C)c(N2CCN(CCCNC(=O)C(NC(=O)Cc3ccccc3)c3ccccc3)CC2)c1. The molecule has 6 nitrogen and oxygen atoms in total. The number of nitrogens with zero attached hydrogens (tertiary/aromatic N) is 2. The first-order valence-electron chi connectivity index (χ1n) is 13.2. The molecule has 0 radical (unpaired) electrons. The number of amides is 2. The van der Waals surface area contributed by atoms with E-state index in [1.54, 1.807) is 0 Å². The van der Waals surface area contributed by atoms with E-state index < -0.39 is 6.04 Å². The molecule has 1 saturated heterocycles. The van der Waals surface area contributed by atoms with Crippen LogP contribution in [0.1, 0.15) is 34.7 Å². The Morgan fingerprint density at radius 3 is 2.24 bits per heavy atom. The summed E-state index contributed by atoms with van der Waals surface area (Å²) in [5, 5.41) is 5.98. The molecule has 0 bridgehead atoms. The number of carbonyl (C=O) groups is 2. The molecule has 3 aromatic carbocycles. The molecular weight excluding hydrogens is 460 g/mol. The van der Waals surface area contributed by atoms with Crippen LogP contribution in [-0.2, 0) is 16.0 Å². The van der Waals surface area contributed by atoms with Crippen molar-refractivity contribution in [1.82, 2.24) is 15.5 Å². The highest BCUT2D eigenvalue weighted by atomic mass is 16.2. The van der Waals surface area contributed by atoms with E-state index in [0.29, 0.717) is 6.54 Å². The van der Waals surface area contributed by atoms with E-state index in [2.05, 4.69) is 52.5 Å². The van der Waals surface area contributed by atoms with Crippen molar-refractivity contribution in [2.75, 3.05) is 44.2 Å². The van der Waals surface area contributed by atoms with Gasteiger partial charge in [0.1, 0.15) is 6.04 Å². The standard InChI is InChI=1S/C31H38N4O2/c1-24-14-15-25(2)28(22-24)35-20-18-34(19-21-35)17-9-16-32-31(37)30(27-12-7-4-8-13-27)33-29(36)23-26-10-5-3-6-11-26/h3-8,10-15,22,30H,9,16-21,23H2,1-2H3,(H,32,37)(H,33,36). The molecule has 6 heteroatoms. The summed E-state index contributed by atoms with van der Waals surface area (Å²) in [6, 6.07) is 24.9. The zero-order valence-corrected chi connectivity index (χ0v) is 22.0. The molecule has 1 aliphatic heterocycles. The van der Waals surface area contributed by atoms with Gasteiger partial charge in [-0.15, -0.1) is 0 Å². The van der Waals surface area contributed by atoms with Crippen molar-refractivity contribution < 1.29 is 9.59 Å². The first kappa shape index (κ1) is 26.4. The molecule has 3 aromatic rings. The predicted molar refractivity (Wildman–Crippen MR) is 150 cm³/mol. The fraction of sp³-hybridized carbons (Fsp3) is 0.355. The second-order valence-electron chi connectivity index (χ2n) is 9.84. The number of nitrogens with one attached hydrogen (secondary N) is 2. The van der Waals surface area contributed by atoms with Crippen molar-refractivity contribution in [3.63, 3.8) is 0 Å². The van der Waals surface area contributed by atoms with Crippen LogP contribution >= 0.6 is 0 Å². The van der Waals surface area contributed by atoms with E-state index in [9.17, 15) is 9.59 Å². The van der Waals surface area contributed by atoms with E-state index in [1.807, 2.05) is 60.7 Å². The number of hydrogen-bond donors (Lipinski definition) is 2. The summed E-state index contributed by atoms with van der Waals surface area (Å²) < 4.78 is 0.